The first kappa shape index (κ1) is 16.3. The third-order valence-corrected chi connectivity index (χ3v) is 4.05. The number of carbonyl (C=O) groups is 1. The molecule has 2 N–H and O–H groups in total. The molecule has 4 heteroatoms. The van der Waals surface area contributed by atoms with E-state index in [0.29, 0.717) is 11.6 Å². The number of hydrogen-bond acceptors (Lipinski definition) is 3. The summed E-state index contributed by atoms with van der Waals surface area (Å²) in [6.07, 6.45) is 0. The average Bonchev–Trinajstić information content (AvgIpc) is 3.03. The maximum absolute atomic E-state index is 11.9. The summed E-state index contributed by atoms with van der Waals surface area (Å²) in [5, 5.41) is 4.29. The van der Waals surface area contributed by atoms with Crippen molar-refractivity contribution < 1.29 is 9.53 Å². The number of hydrogen-bond donors (Lipinski definition) is 2. The van der Waals surface area contributed by atoms with Gasteiger partial charge in [0.2, 0.25) is 0 Å². The van der Waals surface area contributed by atoms with Crippen LogP contribution in [0.2, 0.25) is 0 Å². The van der Waals surface area contributed by atoms with Crippen molar-refractivity contribution in [3.05, 3.63) is 59.7 Å². The lowest BCUT2D eigenvalue weighted by molar-refractivity contribution is 0.0603. The Balaban J connectivity index is 1.91. The van der Waals surface area contributed by atoms with Crippen LogP contribution in [-0.4, -0.2) is 24.1 Å². The highest BCUT2D eigenvalue weighted by Gasteiger charge is 2.13. The van der Waals surface area contributed by atoms with Crippen molar-refractivity contribution in [1.29, 1.82) is 0 Å². The van der Waals surface area contributed by atoms with Gasteiger partial charge in [0.15, 0.2) is 0 Å². The molecule has 0 saturated carbocycles. The molecule has 0 atom stereocenters. The summed E-state index contributed by atoms with van der Waals surface area (Å²) in [5.41, 5.74) is 4.84. The molecule has 0 spiro atoms. The van der Waals surface area contributed by atoms with Gasteiger partial charge in [0, 0.05) is 29.2 Å². The summed E-state index contributed by atoms with van der Waals surface area (Å²) in [5.74, 6) is -0.318. The van der Waals surface area contributed by atoms with Crippen LogP contribution in [0.15, 0.2) is 48.5 Å². The monoisotopic (exact) mass is 322 g/mol. The summed E-state index contributed by atoms with van der Waals surface area (Å²) >= 11 is 0. The third kappa shape index (κ3) is 3.34. The molecule has 0 saturated heterocycles. The minimum Gasteiger partial charge on any atom is -0.465 e. The van der Waals surface area contributed by atoms with Gasteiger partial charge in [-0.1, -0.05) is 44.2 Å². The van der Waals surface area contributed by atoms with Crippen LogP contribution in [0.4, 0.5) is 0 Å². The van der Waals surface area contributed by atoms with Gasteiger partial charge < -0.3 is 15.0 Å². The molecule has 0 amide bonds. The number of ether oxygens (including phenoxy) is 1. The van der Waals surface area contributed by atoms with Gasteiger partial charge in [-0.15, -0.1) is 0 Å². The van der Waals surface area contributed by atoms with Gasteiger partial charge in [-0.25, -0.2) is 4.79 Å². The second-order valence-corrected chi connectivity index (χ2v) is 6.17. The quantitative estimate of drug-likeness (QED) is 0.695. The van der Waals surface area contributed by atoms with Gasteiger partial charge in [-0.2, -0.15) is 0 Å². The van der Waals surface area contributed by atoms with E-state index in [1.165, 1.54) is 12.7 Å². The molecule has 0 radical (unpaired) electrons. The molecule has 2 aromatic carbocycles. The lowest BCUT2D eigenvalue weighted by atomic mass is 10.1. The Morgan fingerprint density at radius 1 is 1.17 bits per heavy atom. The Morgan fingerprint density at radius 2 is 1.92 bits per heavy atom. The number of aromatic nitrogens is 1. The van der Waals surface area contributed by atoms with E-state index in [4.69, 9.17) is 4.74 Å². The van der Waals surface area contributed by atoms with Crippen LogP contribution in [0.25, 0.3) is 22.2 Å². The van der Waals surface area contributed by atoms with Crippen LogP contribution in [0.5, 0.6) is 0 Å². The molecule has 0 aliphatic carbocycles. The Morgan fingerprint density at radius 3 is 2.58 bits per heavy atom. The van der Waals surface area contributed by atoms with E-state index in [1.807, 2.05) is 18.2 Å². The number of fused-ring (bicyclic) bond motifs is 1. The Kier molecular flexibility index (Phi) is 4.67. The van der Waals surface area contributed by atoms with Crippen molar-refractivity contribution >= 4 is 16.9 Å². The van der Waals surface area contributed by atoms with Crippen molar-refractivity contribution in [3.8, 4) is 11.3 Å². The molecule has 3 rings (SSSR count). The van der Waals surface area contributed by atoms with Crippen molar-refractivity contribution in [2.75, 3.05) is 7.11 Å². The van der Waals surface area contributed by atoms with Crippen LogP contribution in [0.3, 0.4) is 0 Å². The van der Waals surface area contributed by atoms with Crippen molar-refractivity contribution in [2.45, 2.75) is 26.4 Å². The molecule has 0 aliphatic heterocycles. The second-order valence-electron chi connectivity index (χ2n) is 6.17. The summed E-state index contributed by atoms with van der Waals surface area (Å²) in [6.45, 7) is 5.13. The number of rotatable bonds is 5. The predicted molar refractivity (Wildman–Crippen MR) is 97.0 cm³/mol. The molecule has 124 valence electrons. The summed E-state index contributed by atoms with van der Waals surface area (Å²) in [6, 6.07) is 16.5. The minimum absolute atomic E-state index is 0.318. The fourth-order valence-corrected chi connectivity index (χ4v) is 2.72. The standard InChI is InChI=1S/C20H22N2O2/c1-13(2)21-12-14-7-9-15(10-8-14)19-11-17-16(20(23)24-3)5-4-6-18(17)22-19/h4-11,13,21-22H,12H2,1-3H3. The number of benzene rings is 2. The van der Waals surface area contributed by atoms with Crippen molar-refractivity contribution in [3.63, 3.8) is 0 Å². The van der Waals surface area contributed by atoms with Gasteiger partial charge >= 0.3 is 5.97 Å². The number of esters is 1. The number of nitrogens with one attached hydrogen (secondary N) is 2. The maximum Gasteiger partial charge on any atom is 0.338 e. The topological polar surface area (TPSA) is 54.1 Å². The molecule has 0 bridgehead atoms. The van der Waals surface area contributed by atoms with Gasteiger partial charge in [0.1, 0.15) is 0 Å². The minimum atomic E-state index is -0.318. The molecule has 1 heterocycles. The van der Waals surface area contributed by atoms with Crippen LogP contribution < -0.4 is 5.32 Å². The lowest BCUT2D eigenvalue weighted by Gasteiger charge is -2.08. The van der Waals surface area contributed by atoms with E-state index in [-0.39, 0.29) is 5.97 Å². The zero-order valence-corrected chi connectivity index (χ0v) is 14.2. The summed E-state index contributed by atoms with van der Waals surface area (Å²) < 4.78 is 4.86. The van der Waals surface area contributed by atoms with Gasteiger partial charge in [0.25, 0.3) is 0 Å². The molecule has 3 aromatic rings. The molecule has 1 aromatic heterocycles. The van der Waals surface area contributed by atoms with Crippen LogP contribution >= 0.6 is 0 Å². The van der Waals surface area contributed by atoms with E-state index < -0.39 is 0 Å². The lowest BCUT2D eigenvalue weighted by Crippen LogP contribution is -2.21. The Labute approximate surface area is 141 Å². The molecule has 0 aliphatic rings. The molecule has 24 heavy (non-hydrogen) atoms. The second kappa shape index (κ2) is 6.89. The fraction of sp³-hybridized carbons (Fsp3) is 0.250. The summed E-state index contributed by atoms with van der Waals surface area (Å²) in [7, 11) is 1.40. The van der Waals surface area contributed by atoms with E-state index in [0.717, 1.165) is 28.7 Å². The smallest absolute Gasteiger partial charge is 0.338 e. The van der Waals surface area contributed by atoms with Crippen LogP contribution in [0, 0.1) is 0 Å². The molecule has 0 fully saturated rings. The number of H-pyrrole nitrogens is 1. The molecule has 0 unspecified atom stereocenters. The van der Waals surface area contributed by atoms with E-state index in [2.05, 4.69) is 48.4 Å². The zero-order chi connectivity index (χ0) is 17.1. The first-order valence-electron chi connectivity index (χ1n) is 8.11. The number of aromatic amines is 1. The number of methoxy groups -OCH3 is 1. The van der Waals surface area contributed by atoms with E-state index >= 15 is 0 Å². The SMILES string of the molecule is COC(=O)c1cccc2[nH]c(-c3ccc(CNC(C)C)cc3)cc12. The Bertz CT molecular complexity index is 848. The highest BCUT2D eigenvalue weighted by atomic mass is 16.5. The Hall–Kier alpha value is -2.59. The molecular formula is C20H22N2O2. The first-order valence-corrected chi connectivity index (χ1v) is 8.11. The predicted octanol–water partition coefficient (Wildman–Crippen LogP) is 4.12. The maximum atomic E-state index is 11.9. The molecule has 4 nitrogen and oxygen atoms in total. The normalized spacial score (nSPS) is 11.2. The fourth-order valence-electron chi connectivity index (χ4n) is 2.72. The van der Waals surface area contributed by atoms with Crippen molar-refractivity contribution in [1.82, 2.24) is 10.3 Å². The van der Waals surface area contributed by atoms with Gasteiger partial charge in [-0.3, -0.25) is 0 Å². The first-order chi connectivity index (χ1) is 11.6. The van der Waals surface area contributed by atoms with E-state index in [1.54, 1.807) is 6.07 Å². The van der Waals surface area contributed by atoms with Gasteiger partial charge in [-0.05, 0) is 29.3 Å². The zero-order valence-electron chi connectivity index (χ0n) is 14.2. The highest BCUT2D eigenvalue weighted by Crippen LogP contribution is 2.27. The van der Waals surface area contributed by atoms with Gasteiger partial charge in [0.05, 0.1) is 12.7 Å². The number of carbonyl (C=O) groups excluding carboxylic acids is 1. The largest absolute Gasteiger partial charge is 0.465 e. The average molecular weight is 322 g/mol. The van der Waals surface area contributed by atoms with Crippen molar-refractivity contribution in [2.24, 2.45) is 0 Å². The highest BCUT2D eigenvalue weighted by molar-refractivity contribution is 6.05. The summed E-state index contributed by atoms with van der Waals surface area (Å²) in [4.78, 5) is 15.3. The van der Waals surface area contributed by atoms with Crippen LogP contribution in [-0.2, 0) is 11.3 Å². The molecular weight excluding hydrogens is 300 g/mol. The third-order valence-electron chi connectivity index (χ3n) is 4.05. The van der Waals surface area contributed by atoms with Crippen LogP contribution in [0.1, 0.15) is 29.8 Å². The van der Waals surface area contributed by atoms with E-state index in [9.17, 15) is 4.79 Å².